The quantitative estimate of drug-likeness (QED) is 0.625. The van der Waals surface area contributed by atoms with Crippen molar-refractivity contribution in [3.05, 3.63) is 7.05 Å². The van der Waals surface area contributed by atoms with E-state index in [1.54, 1.807) is 0 Å². The lowest BCUT2D eigenvalue weighted by molar-refractivity contribution is -0.124. The standard InChI is InChI=1S/C8H15N2O/c1-7(8(11)9-2)10-5-3-4-6-10/h7H,2-6H2,1H3,(H,9,11). The third-order valence-electron chi connectivity index (χ3n) is 2.24. The summed E-state index contributed by atoms with van der Waals surface area (Å²) < 4.78 is 0. The number of nitrogens with zero attached hydrogens (tertiary/aromatic N) is 1. The molecule has 1 rings (SSSR count). The number of likely N-dealkylation sites (tertiary alicyclic amines) is 1. The van der Waals surface area contributed by atoms with E-state index in [1.807, 2.05) is 6.92 Å². The van der Waals surface area contributed by atoms with Crippen LogP contribution in [0.2, 0.25) is 0 Å². The van der Waals surface area contributed by atoms with Crippen LogP contribution in [0.1, 0.15) is 19.8 Å². The van der Waals surface area contributed by atoms with Gasteiger partial charge in [-0.1, -0.05) is 0 Å². The normalized spacial score (nSPS) is 21.6. The Morgan fingerprint density at radius 2 is 2.09 bits per heavy atom. The second kappa shape index (κ2) is 3.72. The minimum absolute atomic E-state index is 0.00463. The molecule has 11 heavy (non-hydrogen) atoms. The summed E-state index contributed by atoms with van der Waals surface area (Å²) in [5, 5.41) is 2.41. The summed E-state index contributed by atoms with van der Waals surface area (Å²) >= 11 is 0. The minimum atomic E-state index is -0.00463. The average Bonchev–Trinajstić information content (AvgIpc) is 2.53. The maximum absolute atomic E-state index is 11.1. The highest BCUT2D eigenvalue weighted by Gasteiger charge is 2.22. The minimum Gasteiger partial charge on any atom is -0.353 e. The molecule has 1 N–H and O–H groups in total. The first-order chi connectivity index (χ1) is 5.25. The van der Waals surface area contributed by atoms with Crippen molar-refractivity contribution in [2.24, 2.45) is 0 Å². The Hall–Kier alpha value is -0.570. The van der Waals surface area contributed by atoms with E-state index in [0.29, 0.717) is 0 Å². The van der Waals surface area contributed by atoms with E-state index >= 15 is 0 Å². The molecule has 1 radical (unpaired) electrons. The second-order valence-corrected chi connectivity index (χ2v) is 2.96. The predicted octanol–water partition coefficient (Wildman–Crippen LogP) is 0.378. The molecule has 1 amide bonds. The van der Waals surface area contributed by atoms with Gasteiger partial charge in [0.15, 0.2) is 0 Å². The molecule has 0 bridgehead atoms. The Morgan fingerprint density at radius 3 is 2.55 bits per heavy atom. The highest BCUT2D eigenvalue weighted by atomic mass is 16.2. The van der Waals surface area contributed by atoms with E-state index in [2.05, 4.69) is 17.3 Å². The summed E-state index contributed by atoms with van der Waals surface area (Å²) in [6.07, 6.45) is 2.43. The van der Waals surface area contributed by atoms with Gasteiger partial charge in [0.2, 0.25) is 5.91 Å². The molecule has 3 heteroatoms. The van der Waals surface area contributed by atoms with Crippen LogP contribution in [0.25, 0.3) is 0 Å². The molecule has 0 spiro atoms. The number of rotatable bonds is 2. The van der Waals surface area contributed by atoms with Crippen LogP contribution in [0.3, 0.4) is 0 Å². The van der Waals surface area contributed by atoms with E-state index in [0.717, 1.165) is 13.1 Å². The molecule has 1 aliphatic heterocycles. The van der Waals surface area contributed by atoms with Gasteiger partial charge in [0.25, 0.3) is 0 Å². The second-order valence-electron chi connectivity index (χ2n) is 2.96. The number of carbonyl (C=O) groups is 1. The third kappa shape index (κ3) is 1.93. The molecule has 0 aromatic heterocycles. The number of carbonyl (C=O) groups excluding carboxylic acids is 1. The lowest BCUT2D eigenvalue weighted by Gasteiger charge is -2.21. The van der Waals surface area contributed by atoms with Gasteiger partial charge in [-0.2, -0.15) is 0 Å². The first-order valence-corrected chi connectivity index (χ1v) is 4.06. The zero-order valence-electron chi connectivity index (χ0n) is 6.97. The molecular weight excluding hydrogens is 140 g/mol. The average molecular weight is 155 g/mol. The zero-order chi connectivity index (χ0) is 8.27. The van der Waals surface area contributed by atoms with Crippen LogP contribution in [0.15, 0.2) is 0 Å². The lowest BCUT2D eigenvalue weighted by atomic mass is 10.3. The van der Waals surface area contributed by atoms with Crippen molar-refractivity contribution in [3.63, 3.8) is 0 Å². The van der Waals surface area contributed by atoms with Crippen LogP contribution >= 0.6 is 0 Å². The van der Waals surface area contributed by atoms with Gasteiger partial charge in [-0.25, -0.2) is 0 Å². The summed E-state index contributed by atoms with van der Waals surface area (Å²) in [7, 11) is 3.35. The van der Waals surface area contributed by atoms with E-state index in [4.69, 9.17) is 0 Å². The summed E-state index contributed by atoms with van der Waals surface area (Å²) in [6, 6.07) is -0.00463. The number of nitrogens with one attached hydrogen (secondary N) is 1. The first-order valence-electron chi connectivity index (χ1n) is 4.06. The Bertz CT molecular complexity index is 141. The SMILES string of the molecule is [CH2]NC(=O)C(C)N1CCCC1. The first kappa shape index (κ1) is 8.53. The molecule has 0 saturated carbocycles. The van der Waals surface area contributed by atoms with Crippen LogP contribution in [0.4, 0.5) is 0 Å². The molecule has 0 aromatic rings. The summed E-state index contributed by atoms with van der Waals surface area (Å²) in [6.45, 7) is 4.02. The van der Waals surface area contributed by atoms with Crippen molar-refractivity contribution in [3.8, 4) is 0 Å². The lowest BCUT2D eigenvalue weighted by Crippen LogP contribution is -2.41. The highest BCUT2D eigenvalue weighted by Crippen LogP contribution is 2.10. The van der Waals surface area contributed by atoms with Crippen molar-refractivity contribution in [2.45, 2.75) is 25.8 Å². The van der Waals surface area contributed by atoms with Crippen molar-refractivity contribution < 1.29 is 4.79 Å². The van der Waals surface area contributed by atoms with E-state index < -0.39 is 0 Å². The largest absolute Gasteiger partial charge is 0.353 e. The monoisotopic (exact) mass is 155 g/mol. The molecular formula is C8H15N2O. The summed E-state index contributed by atoms with van der Waals surface area (Å²) in [5.41, 5.74) is 0. The van der Waals surface area contributed by atoms with Gasteiger partial charge in [0.1, 0.15) is 0 Å². The maximum Gasteiger partial charge on any atom is 0.237 e. The smallest absolute Gasteiger partial charge is 0.237 e. The van der Waals surface area contributed by atoms with Gasteiger partial charge < -0.3 is 5.32 Å². The Morgan fingerprint density at radius 1 is 1.55 bits per heavy atom. The maximum atomic E-state index is 11.1. The van der Waals surface area contributed by atoms with E-state index in [1.165, 1.54) is 12.8 Å². The number of amides is 1. The Balaban J connectivity index is 2.39. The van der Waals surface area contributed by atoms with Gasteiger partial charge in [-0.15, -0.1) is 0 Å². The fraction of sp³-hybridized carbons (Fsp3) is 0.750. The molecule has 0 aliphatic carbocycles. The van der Waals surface area contributed by atoms with Crippen LogP contribution < -0.4 is 5.32 Å². The highest BCUT2D eigenvalue weighted by molar-refractivity contribution is 5.81. The topological polar surface area (TPSA) is 32.3 Å². The molecule has 1 atom stereocenters. The summed E-state index contributed by atoms with van der Waals surface area (Å²) in [4.78, 5) is 13.3. The molecule has 63 valence electrons. The zero-order valence-corrected chi connectivity index (χ0v) is 6.97. The van der Waals surface area contributed by atoms with Crippen LogP contribution in [0.5, 0.6) is 0 Å². The van der Waals surface area contributed by atoms with E-state index in [9.17, 15) is 4.79 Å². The van der Waals surface area contributed by atoms with Gasteiger partial charge in [-0.3, -0.25) is 9.69 Å². The Kier molecular flexibility index (Phi) is 2.88. The van der Waals surface area contributed by atoms with Crippen molar-refractivity contribution >= 4 is 5.91 Å². The van der Waals surface area contributed by atoms with Gasteiger partial charge >= 0.3 is 0 Å². The van der Waals surface area contributed by atoms with Crippen LogP contribution in [0, 0.1) is 7.05 Å². The summed E-state index contributed by atoms with van der Waals surface area (Å²) in [5.74, 6) is 0.0203. The van der Waals surface area contributed by atoms with Crippen molar-refractivity contribution in [2.75, 3.05) is 13.1 Å². The molecule has 1 aliphatic rings. The van der Waals surface area contributed by atoms with Crippen LogP contribution in [-0.4, -0.2) is 29.9 Å². The third-order valence-corrected chi connectivity index (χ3v) is 2.24. The van der Waals surface area contributed by atoms with Crippen molar-refractivity contribution in [1.82, 2.24) is 10.2 Å². The molecule has 3 nitrogen and oxygen atoms in total. The van der Waals surface area contributed by atoms with Gasteiger partial charge in [-0.05, 0) is 32.9 Å². The van der Waals surface area contributed by atoms with Gasteiger partial charge in [0.05, 0.1) is 6.04 Å². The van der Waals surface area contributed by atoms with Crippen LogP contribution in [-0.2, 0) is 4.79 Å². The van der Waals surface area contributed by atoms with E-state index in [-0.39, 0.29) is 11.9 Å². The molecule has 1 fully saturated rings. The molecule has 1 heterocycles. The Labute approximate surface area is 67.8 Å². The van der Waals surface area contributed by atoms with Gasteiger partial charge in [0, 0.05) is 7.05 Å². The molecule has 1 saturated heterocycles. The molecule has 1 unspecified atom stereocenters. The number of hydrogen-bond acceptors (Lipinski definition) is 2. The molecule has 0 aromatic carbocycles. The van der Waals surface area contributed by atoms with Crippen molar-refractivity contribution in [1.29, 1.82) is 0 Å². The fourth-order valence-electron chi connectivity index (χ4n) is 1.44. The fourth-order valence-corrected chi connectivity index (χ4v) is 1.44. The predicted molar refractivity (Wildman–Crippen MR) is 43.8 cm³/mol. The number of hydrogen-bond donors (Lipinski definition) is 1.